The third kappa shape index (κ3) is 2.82. The Labute approximate surface area is 95.4 Å². The minimum Gasteiger partial charge on any atom is -0.478 e. The zero-order valence-electron chi connectivity index (χ0n) is 9.52. The summed E-state index contributed by atoms with van der Waals surface area (Å²) in [4.78, 5) is 8.18. The van der Waals surface area contributed by atoms with Crippen LogP contribution in [0.2, 0.25) is 0 Å². The van der Waals surface area contributed by atoms with Crippen LogP contribution in [0.3, 0.4) is 0 Å². The normalized spacial score (nSPS) is 16.9. The molecular formula is C11H18N4O. The quantitative estimate of drug-likeness (QED) is 0.752. The van der Waals surface area contributed by atoms with Crippen LogP contribution in [0.4, 0.5) is 5.82 Å². The SMILES string of the molecule is CCOc1cc(NC(CN)C2CC2)ncn1. The molecule has 0 bridgehead atoms. The van der Waals surface area contributed by atoms with Crippen LogP contribution >= 0.6 is 0 Å². The minimum atomic E-state index is 0.323. The van der Waals surface area contributed by atoms with Gasteiger partial charge in [-0.2, -0.15) is 0 Å². The topological polar surface area (TPSA) is 73.1 Å². The third-order valence-corrected chi connectivity index (χ3v) is 2.71. The van der Waals surface area contributed by atoms with Crippen molar-refractivity contribution >= 4 is 5.82 Å². The summed E-state index contributed by atoms with van der Waals surface area (Å²) >= 11 is 0. The number of hydrogen-bond donors (Lipinski definition) is 2. The average molecular weight is 222 g/mol. The lowest BCUT2D eigenvalue weighted by molar-refractivity contribution is 0.326. The van der Waals surface area contributed by atoms with Crippen LogP contribution < -0.4 is 15.8 Å². The Morgan fingerprint density at radius 2 is 2.38 bits per heavy atom. The van der Waals surface area contributed by atoms with Crippen molar-refractivity contribution in [1.29, 1.82) is 0 Å². The molecule has 1 aromatic rings. The monoisotopic (exact) mass is 222 g/mol. The Bertz CT molecular complexity index is 341. The number of nitrogens with two attached hydrogens (primary N) is 1. The Hall–Kier alpha value is -1.36. The van der Waals surface area contributed by atoms with Gasteiger partial charge in [-0.05, 0) is 25.7 Å². The van der Waals surface area contributed by atoms with Crippen LogP contribution in [0.15, 0.2) is 12.4 Å². The summed E-state index contributed by atoms with van der Waals surface area (Å²) in [5, 5.41) is 3.33. The summed E-state index contributed by atoms with van der Waals surface area (Å²) in [6.07, 6.45) is 4.03. The van der Waals surface area contributed by atoms with E-state index in [0.29, 0.717) is 31.0 Å². The maximum atomic E-state index is 5.72. The van der Waals surface area contributed by atoms with Crippen LogP contribution in [0.1, 0.15) is 19.8 Å². The molecule has 5 heteroatoms. The molecule has 5 nitrogen and oxygen atoms in total. The first kappa shape index (κ1) is 11.1. The second kappa shape index (κ2) is 5.12. The lowest BCUT2D eigenvalue weighted by Crippen LogP contribution is -2.31. The van der Waals surface area contributed by atoms with Gasteiger partial charge in [-0.15, -0.1) is 0 Å². The highest BCUT2D eigenvalue weighted by molar-refractivity contribution is 5.38. The van der Waals surface area contributed by atoms with E-state index in [1.807, 2.05) is 13.0 Å². The van der Waals surface area contributed by atoms with Crippen molar-refractivity contribution < 1.29 is 4.74 Å². The van der Waals surface area contributed by atoms with Crippen LogP contribution in [-0.2, 0) is 0 Å². The van der Waals surface area contributed by atoms with Gasteiger partial charge in [-0.1, -0.05) is 0 Å². The smallest absolute Gasteiger partial charge is 0.218 e. The van der Waals surface area contributed by atoms with Crippen molar-refractivity contribution in [2.24, 2.45) is 11.7 Å². The van der Waals surface area contributed by atoms with Crippen molar-refractivity contribution in [1.82, 2.24) is 9.97 Å². The molecule has 0 spiro atoms. The first-order valence-corrected chi connectivity index (χ1v) is 5.75. The van der Waals surface area contributed by atoms with Gasteiger partial charge in [0.1, 0.15) is 12.1 Å². The molecular weight excluding hydrogens is 204 g/mol. The summed E-state index contributed by atoms with van der Waals surface area (Å²) in [6.45, 7) is 3.18. The predicted octanol–water partition coefficient (Wildman–Crippen LogP) is 1.02. The second-order valence-corrected chi connectivity index (χ2v) is 4.00. The molecule has 3 N–H and O–H groups in total. The largest absolute Gasteiger partial charge is 0.478 e. The van der Waals surface area contributed by atoms with Crippen LogP contribution in [0.5, 0.6) is 5.88 Å². The molecule has 0 aromatic carbocycles. The van der Waals surface area contributed by atoms with E-state index >= 15 is 0 Å². The zero-order valence-corrected chi connectivity index (χ0v) is 9.52. The van der Waals surface area contributed by atoms with E-state index < -0.39 is 0 Å². The van der Waals surface area contributed by atoms with Gasteiger partial charge in [-0.3, -0.25) is 0 Å². The van der Waals surface area contributed by atoms with Gasteiger partial charge >= 0.3 is 0 Å². The van der Waals surface area contributed by atoms with Crippen molar-refractivity contribution in [3.8, 4) is 5.88 Å². The first-order valence-electron chi connectivity index (χ1n) is 5.75. The molecule has 1 heterocycles. The van der Waals surface area contributed by atoms with Crippen molar-refractivity contribution in [2.45, 2.75) is 25.8 Å². The standard InChI is InChI=1S/C11H18N4O/c1-2-16-11-5-10(13-7-14-11)15-9(6-12)8-3-4-8/h5,7-9H,2-4,6,12H2,1H3,(H,13,14,15). The fourth-order valence-electron chi connectivity index (χ4n) is 1.70. The summed E-state index contributed by atoms with van der Waals surface area (Å²) in [6, 6.07) is 2.14. The van der Waals surface area contributed by atoms with Gasteiger partial charge < -0.3 is 15.8 Å². The summed E-state index contributed by atoms with van der Waals surface area (Å²) < 4.78 is 5.32. The molecule has 1 fully saturated rings. The predicted molar refractivity (Wildman–Crippen MR) is 62.4 cm³/mol. The molecule has 88 valence electrons. The van der Waals surface area contributed by atoms with Gasteiger partial charge in [0.2, 0.25) is 5.88 Å². The Morgan fingerprint density at radius 1 is 1.56 bits per heavy atom. The third-order valence-electron chi connectivity index (χ3n) is 2.71. The van der Waals surface area contributed by atoms with Gasteiger partial charge in [0, 0.05) is 18.7 Å². The molecule has 1 aliphatic carbocycles. The molecule has 16 heavy (non-hydrogen) atoms. The van der Waals surface area contributed by atoms with Gasteiger partial charge in [0.25, 0.3) is 0 Å². The fraction of sp³-hybridized carbons (Fsp3) is 0.636. The van der Waals surface area contributed by atoms with E-state index in [1.165, 1.54) is 19.2 Å². The van der Waals surface area contributed by atoms with Crippen molar-refractivity contribution in [3.05, 3.63) is 12.4 Å². The average Bonchev–Trinajstić information content (AvgIpc) is 3.11. The van der Waals surface area contributed by atoms with E-state index in [2.05, 4.69) is 15.3 Å². The molecule has 1 unspecified atom stereocenters. The molecule has 1 aromatic heterocycles. The van der Waals surface area contributed by atoms with Gasteiger partial charge in [0.15, 0.2) is 0 Å². The molecule has 0 radical (unpaired) electrons. The zero-order chi connectivity index (χ0) is 11.4. The van der Waals surface area contributed by atoms with Gasteiger partial charge in [0.05, 0.1) is 6.61 Å². The maximum Gasteiger partial charge on any atom is 0.218 e. The number of anilines is 1. The number of hydrogen-bond acceptors (Lipinski definition) is 5. The summed E-state index contributed by atoms with van der Waals surface area (Å²) in [5.74, 6) is 2.10. The van der Waals surface area contributed by atoms with E-state index in [-0.39, 0.29) is 0 Å². The Morgan fingerprint density at radius 3 is 3.00 bits per heavy atom. The Kier molecular flexibility index (Phi) is 3.56. The van der Waals surface area contributed by atoms with Crippen LogP contribution in [0, 0.1) is 5.92 Å². The van der Waals surface area contributed by atoms with E-state index in [1.54, 1.807) is 0 Å². The van der Waals surface area contributed by atoms with E-state index in [4.69, 9.17) is 10.5 Å². The lowest BCUT2D eigenvalue weighted by Gasteiger charge is -2.16. The molecule has 0 saturated heterocycles. The highest BCUT2D eigenvalue weighted by Crippen LogP contribution is 2.33. The molecule has 1 atom stereocenters. The van der Waals surface area contributed by atoms with Crippen LogP contribution in [-0.4, -0.2) is 29.2 Å². The summed E-state index contributed by atoms with van der Waals surface area (Å²) in [7, 11) is 0. The first-order chi connectivity index (χ1) is 7.83. The molecule has 1 saturated carbocycles. The fourth-order valence-corrected chi connectivity index (χ4v) is 1.70. The lowest BCUT2D eigenvalue weighted by atomic mass is 10.2. The van der Waals surface area contributed by atoms with Crippen molar-refractivity contribution in [2.75, 3.05) is 18.5 Å². The van der Waals surface area contributed by atoms with E-state index in [0.717, 1.165) is 5.82 Å². The molecule has 0 amide bonds. The molecule has 0 aliphatic heterocycles. The minimum absolute atomic E-state index is 0.323. The van der Waals surface area contributed by atoms with Gasteiger partial charge in [-0.25, -0.2) is 9.97 Å². The number of aromatic nitrogens is 2. The highest BCUT2D eigenvalue weighted by atomic mass is 16.5. The molecule has 1 aliphatic rings. The second-order valence-electron chi connectivity index (χ2n) is 4.00. The number of rotatable bonds is 6. The van der Waals surface area contributed by atoms with E-state index in [9.17, 15) is 0 Å². The van der Waals surface area contributed by atoms with Crippen molar-refractivity contribution in [3.63, 3.8) is 0 Å². The number of nitrogens with one attached hydrogen (secondary N) is 1. The van der Waals surface area contributed by atoms with Crippen LogP contribution in [0.25, 0.3) is 0 Å². The summed E-state index contributed by atoms with van der Waals surface area (Å²) in [5.41, 5.74) is 5.72. The molecule has 2 rings (SSSR count). The number of ether oxygens (including phenoxy) is 1. The Balaban J connectivity index is 1.99. The number of nitrogens with zero attached hydrogens (tertiary/aromatic N) is 2. The maximum absolute atomic E-state index is 5.72. The highest BCUT2D eigenvalue weighted by Gasteiger charge is 2.30.